The van der Waals surface area contributed by atoms with Gasteiger partial charge in [-0.25, -0.2) is 4.98 Å². The zero-order chi connectivity index (χ0) is 24.0. The molecular formula is C30H27N3O2. The van der Waals surface area contributed by atoms with Crippen LogP contribution in [-0.2, 0) is 12.1 Å². The third-order valence-corrected chi connectivity index (χ3v) is 7.54. The number of pyridine rings is 1. The van der Waals surface area contributed by atoms with Gasteiger partial charge in [0.1, 0.15) is 0 Å². The van der Waals surface area contributed by atoms with Crippen LogP contribution < -0.4 is 0 Å². The molecule has 2 heterocycles. The summed E-state index contributed by atoms with van der Waals surface area (Å²) in [6.07, 6.45) is 0. The van der Waals surface area contributed by atoms with Gasteiger partial charge in [0.2, 0.25) is 0 Å². The van der Waals surface area contributed by atoms with Crippen molar-refractivity contribution in [2.75, 3.05) is 26.2 Å². The van der Waals surface area contributed by atoms with Crippen molar-refractivity contribution in [3.05, 3.63) is 113 Å². The topological polar surface area (TPSA) is 53.5 Å². The number of benzene rings is 3. The Morgan fingerprint density at radius 1 is 0.743 bits per heavy atom. The number of Topliss-reactive ketones (excluding diaryl/α,β-unsaturated/α-hetero) is 2. The number of piperazine rings is 1. The summed E-state index contributed by atoms with van der Waals surface area (Å²) in [4.78, 5) is 37.5. The van der Waals surface area contributed by atoms with E-state index < -0.39 is 5.54 Å². The summed E-state index contributed by atoms with van der Waals surface area (Å²) < 4.78 is 0. The molecule has 5 heteroatoms. The minimum atomic E-state index is -1.41. The number of fused-ring (bicyclic) bond motifs is 2. The number of para-hydroxylation sites is 1. The average molecular weight is 462 g/mol. The molecule has 2 aliphatic rings. The van der Waals surface area contributed by atoms with Crippen molar-refractivity contribution in [1.82, 2.24) is 14.8 Å². The zero-order valence-corrected chi connectivity index (χ0v) is 19.8. The molecule has 0 atom stereocenters. The first kappa shape index (κ1) is 21.8. The molecular weight excluding hydrogens is 434 g/mol. The Morgan fingerprint density at radius 3 is 2.09 bits per heavy atom. The molecule has 0 radical (unpaired) electrons. The van der Waals surface area contributed by atoms with Gasteiger partial charge in [0, 0.05) is 49.2 Å². The van der Waals surface area contributed by atoms with E-state index in [0.717, 1.165) is 30.5 Å². The van der Waals surface area contributed by atoms with E-state index in [4.69, 9.17) is 4.98 Å². The van der Waals surface area contributed by atoms with Gasteiger partial charge in [-0.15, -0.1) is 0 Å². The Kier molecular flexibility index (Phi) is 5.32. The van der Waals surface area contributed by atoms with Crippen LogP contribution in [0.2, 0.25) is 0 Å². The van der Waals surface area contributed by atoms with E-state index in [1.165, 1.54) is 11.1 Å². The van der Waals surface area contributed by atoms with Gasteiger partial charge in [-0.3, -0.25) is 19.4 Å². The molecule has 0 amide bonds. The van der Waals surface area contributed by atoms with E-state index in [1.54, 1.807) is 12.1 Å². The monoisotopic (exact) mass is 461 g/mol. The van der Waals surface area contributed by atoms with Crippen molar-refractivity contribution in [3.63, 3.8) is 0 Å². The standard InChI is InChI=1S/C30H27N3O2/c1-21-8-2-3-10-23(21)20-32-16-18-33(19-17-32)30(27-15-14-22-9-4-7-13-26(22)31-27)28(34)24-11-5-6-12-25(24)29(30)35/h2-15H,16-20H2,1H3. The van der Waals surface area contributed by atoms with E-state index in [2.05, 4.69) is 41.0 Å². The molecule has 1 aliphatic carbocycles. The van der Waals surface area contributed by atoms with Crippen molar-refractivity contribution < 1.29 is 9.59 Å². The van der Waals surface area contributed by atoms with Crippen LogP contribution >= 0.6 is 0 Å². The highest BCUT2D eigenvalue weighted by Gasteiger charge is 2.59. The summed E-state index contributed by atoms with van der Waals surface area (Å²) in [7, 11) is 0. The predicted molar refractivity (Wildman–Crippen MR) is 137 cm³/mol. The molecule has 3 aromatic carbocycles. The molecule has 5 nitrogen and oxygen atoms in total. The number of hydrogen-bond donors (Lipinski definition) is 0. The van der Waals surface area contributed by atoms with E-state index in [-0.39, 0.29) is 11.6 Å². The highest BCUT2D eigenvalue weighted by atomic mass is 16.2. The van der Waals surface area contributed by atoms with E-state index in [0.29, 0.717) is 29.9 Å². The molecule has 0 bridgehead atoms. The summed E-state index contributed by atoms with van der Waals surface area (Å²) in [5.74, 6) is -0.318. The number of carbonyl (C=O) groups excluding carboxylic acids is 2. The Labute approximate surface area is 205 Å². The molecule has 1 saturated heterocycles. The molecule has 174 valence electrons. The van der Waals surface area contributed by atoms with Gasteiger partial charge in [0.25, 0.3) is 0 Å². The van der Waals surface area contributed by atoms with Crippen LogP contribution in [-0.4, -0.2) is 52.5 Å². The maximum atomic E-state index is 14.1. The number of aryl methyl sites for hydroxylation is 1. The smallest absolute Gasteiger partial charge is 0.198 e. The van der Waals surface area contributed by atoms with Crippen LogP contribution in [0.25, 0.3) is 10.9 Å². The van der Waals surface area contributed by atoms with Crippen LogP contribution in [0.4, 0.5) is 0 Å². The molecule has 0 saturated carbocycles. The molecule has 1 fully saturated rings. The lowest BCUT2D eigenvalue weighted by molar-refractivity contribution is 0.0267. The van der Waals surface area contributed by atoms with Crippen LogP contribution in [0.5, 0.6) is 0 Å². The van der Waals surface area contributed by atoms with E-state index in [9.17, 15) is 9.59 Å². The normalized spacial score (nSPS) is 18.2. The van der Waals surface area contributed by atoms with E-state index >= 15 is 0 Å². The van der Waals surface area contributed by atoms with Crippen LogP contribution in [0.15, 0.2) is 84.9 Å². The second-order valence-corrected chi connectivity index (χ2v) is 9.49. The number of rotatable bonds is 4. The van der Waals surface area contributed by atoms with Crippen LogP contribution in [0.1, 0.15) is 37.5 Å². The van der Waals surface area contributed by atoms with Crippen LogP contribution in [0, 0.1) is 6.92 Å². The molecule has 1 aromatic heterocycles. The highest BCUT2D eigenvalue weighted by Crippen LogP contribution is 2.42. The first-order chi connectivity index (χ1) is 17.1. The number of hydrogen-bond acceptors (Lipinski definition) is 5. The SMILES string of the molecule is Cc1ccccc1CN1CCN(C2(c3ccc4ccccc4n3)C(=O)c3ccccc3C2=O)CC1. The number of ketones is 2. The Hall–Kier alpha value is -3.67. The lowest BCUT2D eigenvalue weighted by Gasteiger charge is -2.43. The second-order valence-electron chi connectivity index (χ2n) is 9.49. The first-order valence-corrected chi connectivity index (χ1v) is 12.2. The average Bonchev–Trinajstić information content (AvgIpc) is 3.13. The fourth-order valence-electron chi connectivity index (χ4n) is 5.59. The summed E-state index contributed by atoms with van der Waals surface area (Å²) >= 11 is 0. The van der Waals surface area contributed by atoms with Crippen molar-refractivity contribution in [1.29, 1.82) is 0 Å². The van der Waals surface area contributed by atoms with Crippen molar-refractivity contribution in [3.8, 4) is 0 Å². The quantitative estimate of drug-likeness (QED) is 0.415. The molecule has 0 unspecified atom stereocenters. The highest BCUT2D eigenvalue weighted by molar-refractivity contribution is 6.32. The number of nitrogens with zero attached hydrogens (tertiary/aromatic N) is 3. The molecule has 0 spiro atoms. The zero-order valence-electron chi connectivity index (χ0n) is 19.8. The maximum Gasteiger partial charge on any atom is 0.198 e. The van der Waals surface area contributed by atoms with Crippen molar-refractivity contribution in [2.24, 2.45) is 0 Å². The van der Waals surface area contributed by atoms with E-state index in [1.807, 2.05) is 48.5 Å². The van der Waals surface area contributed by atoms with Gasteiger partial charge in [-0.1, -0.05) is 72.8 Å². The Balaban J connectivity index is 1.38. The Morgan fingerprint density at radius 2 is 1.37 bits per heavy atom. The summed E-state index contributed by atoms with van der Waals surface area (Å²) in [5, 5.41) is 0.991. The number of carbonyl (C=O) groups is 2. The van der Waals surface area contributed by atoms with Crippen molar-refractivity contribution >= 4 is 22.5 Å². The predicted octanol–water partition coefficient (Wildman–Crippen LogP) is 4.64. The maximum absolute atomic E-state index is 14.1. The van der Waals surface area contributed by atoms with Crippen LogP contribution in [0.3, 0.4) is 0 Å². The van der Waals surface area contributed by atoms with Gasteiger partial charge in [-0.05, 0) is 30.2 Å². The molecule has 4 aromatic rings. The lowest BCUT2D eigenvalue weighted by atomic mass is 9.85. The molecule has 6 rings (SSSR count). The van der Waals surface area contributed by atoms with Gasteiger partial charge in [0.05, 0.1) is 11.2 Å². The molecule has 1 aliphatic heterocycles. The minimum Gasteiger partial charge on any atom is -0.297 e. The van der Waals surface area contributed by atoms with Gasteiger partial charge in [0.15, 0.2) is 17.1 Å². The summed E-state index contributed by atoms with van der Waals surface area (Å²) in [5.41, 5.74) is 3.48. The third kappa shape index (κ3) is 3.42. The fraction of sp³-hybridized carbons (Fsp3) is 0.233. The summed E-state index contributed by atoms with van der Waals surface area (Å²) in [6.45, 7) is 5.79. The number of aromatic nitrogens is 1. The lowest BCUT2D eigenvalue weighted by Crippen LogP contribution is -2.60. The van der Waals surface area contributed by atoms with Gasteiger partial charge >= 0.3 is 0 Å². The molecule has 0 N–H and O–H groups in total. The van der Waals surface area contributed by atoms with Crippen molar-refractivity contribution in [2.45, 2.75) is 19.0 Å². The Bertz CT molecular complexity index is 1420. The largest absolute Gasteiger partial charge is 0.297 e. The minimum absolute atomic E-state index is 0.159. The first-order valence-electron chi connectivity index (χ1n) is 12.2. The van der Waals surface area contributed by atoms with Gasteiger partial charge < -0.3 is 0 Å². The fourth-order valence-corrected chi connectivity index (χ4v) is 5.59. The summed E-state index contributed by atoms with van der Waals surface area (Å²) in [6, 6.07) is 27.3. The third-order valence-electron chi connectivity index (χ3n) is 7.54. The molecule has 35 heavy (non-hydrogen) atoms. The van der Waals surface area contributed by atoms with Gasteiger partial charge in [-0.2, -0.15) is 0 Å². The second kappa shape index (κ2) is 8.52.